The highest BCUT2D eigenvalue weighted by Gasteiger charge is 2.26. The molecule has 1 N–H and O–H groups in total. The van der Waals surface area contributed by atoms with E-state index in [4.69, 9.17) is 0 Å². The third kappa shape index (κ3) is 4.28. The summed E-state index contributed by atoms with van der Waals surface area (Å²) in [7, 11) is 0. The third-order valence-corrected chi connectivity index (χ3v) is 5.17. The minimum Gasteiger partial charge on any atom is -0.356 e. The molecule has 1 fully saturated rings. The van der Waals surface area contributed by atoms with E-state index in [0.29, 0.717) is 18.4 Å². The third-order valence-electron chi connectivity index (χ3n) is 5.17. The van der Waals surface area contributed by atoms with Gasteiger partial charge < -0.3 is 5.32 Å². The van der Waals surface area contributed by atoms with Crippen molar-refractivity contribution in [3.05, 3.63) is 53.9 Å². The lowest BCUT2D eigenvalue weighted by Crippen LogP contribution is -2.39. The molecule has 4 rings (SSSR count). The number of nitrogens with one attached hydrogen (secondary N) is 1. The largest absolute Gasteiger partial charge is 0.356 e. The van der Waals surface area contributed by atoms with E-state index in [1.165, 1.54) is 24.1 Å². The van der Waals surface area contributed by atoms with Gasteiger partial charge in [0.15, 0.2) is 0 Å². The lowest BCUT2D eigenvalue weighted by Gasteiger charge is -2.34. The summed E-state index contributed by atoms with van der Waals surface area (Å²) in [5.41, 5.74) is 2.60. The van der Waals surface area contributed by atoms with Crippen LogP contribution in [0.5, 0.6) is 0 Å². The molecule has 0 unspecified atom stereocenters. The van der Waals surface area contributed by atoms with Gasteiger partial charge in [0.2, 0.25) is 5.91 Å². The molecule has 1 aromatic carbocycles. The molecule has 1 amide bonds. The first-order chi connectivity index (χ1) is 12.3. The van der Waals surface area contributed by atoms with Crippen molar-refractivity contribution in [3.63, 3.8) is 0 Å². The van der Waals surface area contributed by atoms with Gasteiger partial charge in [0.1, 0.15) is 0 Å². The number of fused-ring (bicyclic) bond motifs is 1. The molecule has 0 radical (unpaired) electrons. The van der Waals surface area contributed by atoms with E-state index in [9.17, 15) is 4.79 Å². The Labute approximate surface area is 149 Å². The van der Waals surface area contributed by atoms with E-state index in [0.717, 1.165) is 32.6 Å². The molecule has 1 aromatic heterocycles. The fraction of sp³-hybridized carbons (Fsp3) is 0.500. The highest BCUT2D eigenvalue weighted by molar-refractivity contribution is 5.76. The van der Waals surface area contributed by atoms with Crippen LogP contribution in [0.4, 0.5) is 0 Å². The zero-order valence-corrected chi connectivity index (χ0v) is 14.6. The molecule has 0 spiro atoms. The van der Waals surface area contributed by atoms with Gasteiger partial charge in [-0.05, 0) is 36.8 Å². The summed E-state index contributed by atoms with van der Waals surface area (Å²) in [6.07, 6.45) is 5.97. The average molecular weight is 338 g/mol. The Balaban J connectivity index is 1.34. The van der Waals surface area contributed by atoms with Crippen molar-refractivity contribution in [2.24, 2.45) is 5.92 Å². The van der Waals surface area contributed by atoms with E-state index < -0.39 is 0 Å². The first-order valence-corrected chi connectivity index (χ1v) is 9.33. The summed E-state index contributed by atoms with van der Waals surface area (Å²) in [6.45, 7) is 3.59. The molecular formula is C20H26N4O. The van der Waals surface area contributed by atoms with Crippen molar-refractivity contribution < 1.29 is 4.79 Å². The van der Waals surface area contributed by atoms with Crippen molar-refractivity contribution >= 4 is 5.91 Å². The van der Waals surface area contributed by atoms with Crippen LogP contribution in [0.1, 0.15) is 43.0 Å². The fourth-order valence-corrected chi connectivity index (χ4v) is 3.67. The smallest absolute Gasteiger partial charge is 0.220 e. The molecule has 0 saturated heterocycles. The molecule has 2 aromatic rings. The van der Waals surface area contributed by atoms with Crippen molar-refractivity contribution in [2.45, 2.75) is 44.8 Å². The van der Waals surface area contributed by atoms with Crippen LogP contribution < -0.4 is 5.32 Å². The highest BCUT2D eigenvalue weighted by atomic mass is 16.1. The molecule has 2 aliphatic rings. The number of hydrogen-bond acceptors (Lipinski definition) is 3. The molecule has 2 heterocycles. The Hall–Kier alpha value is -2.14. The second kappa shape index (κ2) is 7.40. The molecule has 1 aliphatic heterocycles. The molecule has 1 saturated carbocycles. The number of hydrogen-bond donors (Lipinski definition) is 1. The van der Waals surface area contributed by atoms with Gasteiger partial charge in [-0.25, -0.2) is 0 Å². The van der Waals surface area contributed by atoms with E-state index in [-0.39, 0.29) is 5.91 Å². The fourth-order valence-electron chi connectivity index (χ4n) is 3.67. The maximum absolute atomic E-state index is 11.9. The molecule has 5 nitrogen and oxygen atoms in total. The van der Waals surface area contributed by atoms with Gasteiger partial charge in [0, 0.05) is 38.8 Å². The summed E-state index contributed by atoms with van der Waals surface area (Å²) in [6, 6.07) is 13.0. The average Bonchev–Trinajstić information content (AvgIpc) is 3.29. The number of rotatable bonds is 7. The van der Waals surface area contributed by atoms with Crippen LogP contribution >= 0.6 is 0 Å². The Morgan fingerprint density at radius 2 is 2.04 bits per heavy atom. The maximum Gasteiger partial charge on any atom is 0.220 e. The lowest BCUT2D eigenvalue weighted by atomic mass is 10.1. The van der Waals surface area contributed by atoms with Gasteiger partial charge in [0.25, 0.3) is 0 Å². The number of nitrogens with zero attached hydrogens (tertiary/aromatic N) is 3. The second-order valence-corrected chi connectivity index (χ2v) is 7.36. The van der Waals surface area contributed by atoms with Crippen LogP contribution in [-0.2, 0) is 17.9 Å². The van der Waals surface area contributed by atoms with Gasteiger partial charge in [-0.1, -0.05) is 30.3 Å². The van der Waals surface area contributed by atoms with Crippen molar-refractivity contribution in [1.82, 2.24) is 20.0 Å². The SMILES string of the molecule is O=C(CC1CC1)NCC[C@@H]1CN(Cc2ccccc2)Cc2ccnn21. The van der Waals surface area contributed by atoms with Crippen LogP contribution in [0.3, 0.4) is 0 Å². The van der Waals surface area contributed by atoms with Crippen molar-refractivity contribution in [3.8, 4) is 0 Å². The highest BCUT2D eigenvalue weighted by Crippen LogP contribution is 2.32. The van der Waals surface area contributed by atoms with Gasteiger partial charge >= 0.3 is 0 Å². The molecule has 25 heavy (non-hydrogen) atoms. The van der Waals surface area contributed by atoms with E-state index in [1.54, 1.807) is 0 Å². The van der Waals surface area contributed by atoms with Crippen LogP contribution in [0.2, 0.25) is 0 Å². The molecule has 5 heteroatoms. The quantitative estimate of drug-likeness (QED) is 0.844. The van der Waals surface area contributed by atoms with Gasteiger partial charge in [-0.15, -0.1) is 0 Å². The van der Waals surface area contributed by atoms with Crippen molar-refractivity contribution in [2.75, 3.05) is 13.1 Å². The van der Waals surface area contributed by atoms with E-state index >= 15 is 0 Å². The molecule has 0 bridgehead atoms. The Morgan fingerprint density at radius 1 is 1.20 bits per heavy atom. The number of carbonyl (C=O) groups is 1. The number of carbonyl (C=O) groups excluding carboxylic acids is 1. The number of amides is 1. The normalized spacial score (nSPS) is 20.2. The van der Waals surface area contributed by atoms with E-state index in [1.807, 2.05) is 6.20 Å². The van der Waals surface area contributed by atoms with E-state index in [2.05, 4.69) is 56.4 Å². The Kier molecular flexibility index (Phi) is 4.83. The van der Waals surface area contributed by atoms with Gasteiger partial charge in [-0.2, -0.15) is 5.10 Å². The van der Waals surface area contributed by atoms with Crippen LogP contribution in [-0.4, -0.2) is 33.7 Å². The molecule has 132 valence electrons. The standard InChI is InChI=1S/C20H26N4O/c25-20(12-16-6-7-16)21-10-8-18-14-23(13-17-4-2-1-3-5-17)15-19-9-11-22-24(18)19/h1-5,9,11,16,18H,6-8,10,12-15H2,(H,21,25)/t18-/m1/s1. The monoisotopic (exact) mass is 338 g/mol. The predicted molar refractivity (Wildman–Crippen MR) is 96.8 cm³/mol. The zero-order chi connectivity index (χ0) is 17.1. The number of benzene rings is 1. The number of aromatic nitrogens is 2. The van der Waals surface area contributed by atoms with Crippen LogP contribution in [0.15, 0.2) is 42.6 Å². The summed E-state index contributed by atoms with van der Waals surface area (Å²) in [5.74, 6) is 0.855. The molecular weight excluding hydrogens is 312 g/mol. The zero-order valence-electron chi connectivity index (χ0n) is 14.6. The predicted octanol–water partition coefficient (Wildman–Crippen LogP) is 2.75. The lowest BCUT2D eigenvalue weighted by molar-refractivity contribution is -0.121. The summed E-state index contributed by atoms with van der Waals surface area (Å²) in [4.78, 5) is 14.4. The Morgan fingerprint density at radius 3 is 2.84 bits per heavy atom. The first kappa shape index (κ1) is 16.3. The second-order valence-electron chi connectivity index (χ2n) is 7.36. The topological polar surface area (TPSA) is 50.2 Å². The maximum atomic E-state index is 11.9. The Bertz CT molecular complexity index is 707. The van der Waals surface area contributed by atoms with Crippen LogP contribution in [0.25, 0.3) is 0 Å². The van der Waals surface area contributed by atoms with Gasteiger partial charge in [-0.3, -0.25) is 14.4 Å². The summed E-state index contributed by atoms with van der Waals surface area (Å²) in [5, 5.41) is 7.60. The first-order valence-electron chi connectivity index (χ1n) is 9.33. The molecule has 1 aliphatic carbocycles. The molecule has 1 atom stereocenters. The minimum absolute atomic E-state index is 0.208. The summed E-state index contributed by atoms with van der Waals surface area (Å²) < 4.78 is 2.15. The van der Waals surface area contributed by atoms with Crippen molar-refractivity contribution in [1.29, 1.82) is 0 Å². The summed E-state index contributed by atoms with van der Waals surface area (Å²) >= 11 is 0. The minimum atomic E-state index is 0.208. The van der Waals surface area contributed by atoms with Gasteiger partial charge in [0.05, 0.1) is 11.7 Å². The van der Waals surface area contributed by atoms with Crippen LogP contribution in [0, 0.1) is 5.92 Å².